The molecule has 4 rings (SSSR count). The van der Waals surface area contributed by atoms with Crippen molar-refractivity contribution < 1.29 is 24.0 Å². The van der Waals surface area contributed by atoms with E-state index in [-0.39, 0.29) is 36.3 Å². The quantitative estimate of drug-likeness (QED) is 0.499. The summed E-state index contributed by atoms with van der Waals surface area (Å²) >= 11 is 0. The first-order chi connectivity index (χ1) is 14.4. The number of ether oxygens (including phenoxy) is 1. The van der Waals surface area contributed by atoms with Crippen molar-refractivity contribution in [2.45, 2.75) is 18.9 Å². The summed E-state index contributed by atoms with van der Waals surface area (Å²) in [5.74, 6) is -0.328. The van der Waals surface area contributed by atoms with Crippen LogP contribution in [0.1, 0.15) is 12.8 Å². The van der Waals surface area contributed by atoms with E-state index in [4.69, 9.17) is 4.74 Å². The van der Waals surface area contributed by atoms with Gasteiger partial charge in [0, 0.05) is 44.4 Å². The molecule has 3 aliphatic rings. The van der Waals surface area contributed by atoms with Gasteiger partial charge >= 0.3 is 0 Å². The van der Waals surface area contributed by atoms with E-state index in [1.165, 1.54) is 23.1 Å². The van der Waals surface area contributed by atoms with Crippen LogP contribution in [0.5, 0.6) is 5.75 Å². The fourth-order valence-corrected chi connectivity index (χ4v) is 3.57. The second-order valence-electron chi connectivity index (χ2n) is 7.68. The van der Waals surface area contributed by atoms with Gasteiger partial charge in [0.2, 0.25) is 11.8 Å². The lowest BCUT2D eigenvalue weighted by molar-refractivity contribution is -0.384. The third-order valence-corrected chi connectivity index (χ3v) is 5.42. The minimum absolute atomic E-state index is 0.00870. The third-order valence-electron chi connectivity index (χ3n) is 5.42. The number of carbonyl (C=O) groups is 3. The molecule has 11 nitrogen and oxygen atoms in total. The lowest BCUT2D eigenvalue weighted by Gasteiger charge is -2.36. The first-order valence-corrected chi connectivity index (χ1v) is 9.92. The Bertz CT molecular complexity index is 878. The molecule has 3 amide bonds. The molecule has 0 unspecified atom stereocenters. The van der Waals surface area contributed by atoms with Crippen LogP contribution < -0.4 is 15.0 Å². The fourth-order valence-electron chi connectivity index (χ4n) is 3.57. The second kappa shape index (κ2) is 8.27. The van der Waals surface area contributed by atoms with Gasteiger partial charge in [-0.2, -0.15) is 0 Å². The van der Waals surface area contributed by atoms with Crippen molar-refractivity contribution in [3.8, 4) is 5.75 Å². The van der Waals surface area contributed by atoms with Crippen LogP contribution in [0.15, 0.2) is 18.2 Å². The van der Waals surface area contributed by atoms with Crippen molar-refractivity contribution in [2.24, 2.45) is 0 Å². The van der Waals surface area contributed by atoms with E-state index in [2.05, 4.69) is 5.32 Å². The highest BCUT2D eigenvalue weighted by atomic mass is 16.6. The molecule has 30 heavy (non-hydrogen) atoms. The van der Waals surface area contributed by atoms with E-state index in [1.807, 2.05) is 4.90 Å². The molecule has 0 aromatic heterocycles. The third kappa shape index (κ3) is 4.51. The van der Waals surface area contributed by atoms with Crippen molar-refractivity contribution in [1.82, 2.24) is 15.1 Å². The summed E-state index contributed by atoms with van der Waals surface area (Å²) in [6.45, 7) is 1.94. The average Bonchev–Trinajstić information content (AvgIpc) is 3.54. The SMILES string of the molecule is O=C(CN1CCN(C(=O)CN2C(=O)COc3ccc([N+](=O)[O-])cc32)CC1)NC1CC1. The van der Waals surface area contributed by atoms with E-state index in [0.29, 0.717) is 44.5 Å². The van der Waals surface area contributed by atoms with Gasteiger partial charge in [0.15, 0.2) is 6.61 Å². The van der Waals surface area contributed by atoms with Crippen LogP contribution in [0.4, 0.5) is 11.4 Å². The van der Waals surface area contributed by atoms with Gasteiger partial charge in [-0.05, 0) is 18.9 Å². The maximum absolute atomic E-state index is 12.8. The zero-order valence-corrected chi connectivity index (χ0v) is 16.4. The number of nitro benzene ring substituents is 1. The monoisotopic (exact) mass is 417 g/mol. The number of carbonyl (C=O) groups excluding carboxylic acids is 3. The Morgan fingerprint density at radius 1 is 1.17 bits per heavy atom. The summed E-state index contributed by atoms with van der Waals surface area (Å²) in [6.07, 6.45) is 2.08. The number of hydrogen-bond donors (Lipinski definition) is 1. The summed E-state index contributed by atoms with van der Waals surface area (Å²) in [5.41, 5.74) is 0.0479. The molecule has 0 radical (unpaired) electrons. The highest BCUT2D eigenvalue weighted by Crippen LogP contribution is 2.35. The largest absolute Gasteiger partial charge is 0.482 e. The van der Waals surface area contributed by atoms with E-state index in [9.17, 15) is 24.5 Å². The maximum Gasteiger partial charge on any atom is 0.271 e. The molecule has 1 N–H and O–H groups in total. The van der Waals surface area contributed by atoms with Crippen molar-refractivity contribution in [2.75, 3.05) is 50.8 Å². The lowest BCUT2D eigenvalue weighted by Crippen LogP contribution is -2.54. The van der Waals surface area contributed by atoms with Crippen LogP contribution in [0.25, 0.3) is 0 Å². The van der Waals surface area contributed by atoms with Crippen molar-refractivity contribution in [3.63, 3.8) is 0 Å². The Kier molecular flexibility index (Phi) is 5.53. The van der Waals surface area contributed by atoms with Gasteiger partial charge in [0.05, 0.1) is 17.2 Å². The van der Waals surface area contributed by atoms with Crippen LogP contribution in [-0.2, 0) is 14.4 Å². The molecule has 2 fully saturated rings. The lowest BCUT2D eigenvalue weighted by atomic mass is 10.2. The molecule has 0 atom stereocenters. The summed E-state index contributed by atoms with van der Waals surface area (Å²) < 4.78 is 5.33. The maximum atomic E-state index is 12.8. The summed E-state index contributed by atoms with van der Waals surface area (Å²) in [5, 5.41) is 14.0. The molecule has 1 aliphatic carbocycles. The van der Waals surface area contributed by atoms with Crippen LogP contribution >= 0.6 is 0 Å². The van der Waals surface area contributed by atoms with Crippen LogP contribution in [0, 0.1) is 10.1 Å². The molecule has 2 aliphatic heterocycles. The van der Waals surface area contributed by atoms with E-state index in [0.717, 1.165) is 12.8 Å². The van der Waals surface area contributed by atoms with Crippen LogP contribution in [-0.4, -0.2) is 84.4 Å². The molecule has 2 heterocycles. The number of fused-ring (bicyclic) bond motifs is 1. The number of nitrogens with zero attached hydrogens (tertiary/aromatic N) is 4. The van der Waals surface area contributed by atoms with E-state index < -0.39 is 10.8 Å². The van der Waals surface area contributed by atoms with Gasteiger partial charge < -0.3 is 15.0 Å². The van der Waals surface area contributed by atoms with Gasteiger partial charge in [0.1, 0.15) is 12.3 Å². The first-order valence-electron chi connectivity index (χ1n) is 9.92. The second-order valence-corrected chi connectivity index (χ2v) is 7.68. The minimum Gasteiger partial charge on any atom is -0.482 e. The normalized spacial score (nSPS) is 19.1. The molecule has 1 aromatic rings. The van der Waals surface area contributed by atoms with Crippen LogP contribution in [0.2, 0.25) is 0 Å². The molecular weight excluding hydrogens is 394 g/mol. The number of rotatable bonds is 6. The van der Waals surface area contributed by atoms with Crippen molar-refractivity contribution in [3.05, 3.63) is 28.3 Å². The van der Waals surface area contributed by atoms with Gasteiger partial charge in [-0.3, -0.25) is 34.3 Å². The number of nitrogens with one attached hydrogen (secondary N) is 1. The Morgan fingerprint density at radius 3 is 2.57 bits per heavy atom. The zero-order valence-electron chi connectivity index (χ0n) is 16.4. The van der Waals surface area contributed by atoms with Gasteiger partial charge in [0.25, 0.3) is 11.6 Å². The van der Waals surface area contributed by atoms with Gasteiger partial charge in [-0.15, -0.1) is 0 Å². The van der Waals surface area contributed by atoms with Crippen molar-refractivity contribution in [1.29, 1.82) is 0 Å². The Hall–Kier alpha value is -3.21. The number of hydrogen-bond acceptors (Lipinski definition) is 7. The molecular formula is C19H23N5O6. The Balaban J connectivity index is 1.35. The fraction of sp³-hybridized carbons (Fsp3) is 0.526. The summed E-state index contributed by atoms with van der Waals surface area (Å²) in [6, 6.07) is 4.30. The van der Waals surface area contributed by atoms with E-state index >= 15 is 0 Å². The molecule has 1 saturated carbocycles. The summed E-state index contributed by atoms with van der Waals surface area (Å²) in [7, 11) is 0. The number of piperazine rings is 1. The number of amides is 3. The van der Waals surface area contributed by atoms with Crippen molar-refractivity contribution >= 4 is 29.1 Å². The molecule has 11 heteroatoms. The molecule has 1 aromatic carbocycles. The van der Waals surface area contributed by atoms with Gasteiger partial charge in [-0.25, -0.2) is 0 Å². The molecule has 0 spiro atoms. The number of nitro groups is 1. The first kappa shape index (κ1) is 20.1. The number of anilines is 1. The standard InChI is InChI=1S/C19H23N5O6/c25-17(20-13-1-2-13)10-21-5-7-22(8-6-21)18(26)11-23-15-9-14(24(28)29)3-4-16(15)30-12-19(23)27/h3-4,9,13H,1-2,5-8,10-12H2,(H,20,25). The van der Waals surface area contributed by atoms with Gasteiger partial charge in [-0.1, -0.05) is 0 Å². The predicted molar refractivity (Wildman–Crippen MR) is 105 cm³/mol. The van der Waals surface area contributed by atoms with Crippen LogP contribution in [0.3, 0.4) is 0 Å². The highest BCUT2D eigenvalue weighted by molar-refractivity contribution is 6.02. The average molecular weight is 417 g/mol. The number of benzene rings is 1. The number of non-ortho nitro benzene ring substituents is 1. The van der Waals surface area contributed by atoms with E-state index in [1.54, 1.807) is 4.90 Å². The molecule has 160 valence electrons. The highest BCUT2D eigenvalue weighted by Gasteiger charge is 2.32. The molecule has 1 saturated heterocycles. The summed E-state index contributed by atoms with van der Waals surface area (Å²) in [4.78, 5) is 52.4. The minimum atomic E-state index is -0.558. The smallest absolute Gasteiger partial charge is 0.271 e. The molecule has 0 bridgehead atoms. The Labute approximate surface area is 172 Å². The predicted octanol–water partition coefficient (Wildman–Crippen LogP) is -0.257. The Morgan fingerprint density at radius 2 is 1.90 bits per heavy atom. The zero-order chi connectivity index (χ0) is 21.3. The topological polar surface area (TPSA) is 125 Å².